The molecule has 0 radical (unpaired) electrons. The average Bonchev–Trinajstić information content (AvgIpc) is 2.46. The molecule has 120 valence electrons. The smallest absolute Gasteiger partial charge is 0.150 e. The SMILES string of the molecule is Cl[SiH](Cl)CCc1ccccc1.Cl[Si](Cl)(Cl)Cc1ccccc1. The van der Waals surface area contributed by atoms with Gasteiger partial charge in [0.15, 0.2) is 0 Å². The molecule has 7 heteroatoms. The Kier molecular flexibility index (Phi) is 10.2. The lowest BCUT2D eigenvalue weighted by Gasteiger charge is -2.06. The number of hydrogen-bond acceptors (Lipinski definition) is 0. The first-order valence-electron chi connectivity index (χ1n) is 6.79. The zero-order chi connectivity index (χ0) is 16.4. The lowest BCUT2D eigenvalue weighted by atomic mass is 10.2. The third-order valence-corrected chi connectivity index (χ3v) is 6.79. The molecule has 0 amide bonds. The Hall–Kier alpha value is 0.324. The summed E-state index contributed by atoms with van der Waals surface area (Å²) in [4.78, 5) is 0. The predicted octanol–water partition coefficient (Wildman–Crippen LogP) is 6.35. The normalized spacial score (nSPS) is 11.0. The molecule has 0 atom stereocenters. The number of hydrogen-bond donors (Lipinski definition) is 0. The molecular formula is C15H17Cl5Si2. The Morgan fingerprint density at radius 1 is 0.727 bits per heavy atom. The van der Waals surface area contributed by atoms with Gasteiger partial charge < -0.3 is 0 Å². The first-order valence-corrected chi connectivity index (χ1v) is 16.3. The summed E-state index contributed by atoms with van der Waals surface area (Å²) in [6.07, 6.45) is 1.02. The number of halogens is 5. The van der Waals surface area contributed by atoms with Gasteiger partial charge in [-0.05, 0) is 23.6 Å². The van der Waals surface area contributed by atoms with Crippen LogP contribution in [0, 0.1) is 0 Å². The second-order valence-corrected chi connectivity index (χ2v) is 19.0. The van der Waals surface area contributed by atoms with E-state index in [0.717, 1.165) is 18.0 Å². The monoisotopic (exact) mass is 428 g/mol. The van der Waals surface area contributed by atoms with Crippen molar-refractivity contribution in [2.75, 3.05) is 0 Å². The number of aryl methyl sites for hydroxylation is 1. The van der Waals surface area contributed by atoms with Gasteiger partial charge in [-0.15, -0.1) is 33.2 Å². The summed E-state index contributed by atoms with van der Waals surface area (Å²) >= 11 is 28.7. The summed E-state index contributed by atoms with van der Waals surface area (Å²) in [6, 6.07) is 19.1. The molecule has 0 spiro atoms. The quantitative estimate of drug-likeness (QED) is 0.383. The zero-order valence-electron chi connectivity index (χ0n) is 11.9. The molecule has 0 aromatic heterocycles. The standard InChI is InChI=1S/C8H10Cl2Si.C7H7Cl3Si/c9-11(10)7-6-8-4-2-1-3-5-8;8-11(9,10)6-7-4-2-1-3-5-7/h1-5,11H,6-7H2;1-5H,6H2. The van der Waals surface area contributed by atoms with E-state index in [2.05, 4.69) is 12.1 Å². The molecule has 0 nitrogen and oxygen atoms in total. The Labute approximate surface area is 158 Å². The van der Waals surface area contributed by atoms with E-state index in [1.54, 1.807) is 0 Å². The second kappa shape index (κ2) is 11.0. The Balaban J connectivity index is 0.000000220. The highest BCUT2D eigenvalue weighted by Crippen LogP contribution is 2.24. The summed E-state index contributed by atoms with van der Waals surface area (Å²) in [5.41, 5.74) is 2.42. The highest BCUT2D eigenvalue weighted by atomic mass is 35.8. The maximum atomic E-state index is 5.74. The molecule has 0 heterocycles. The molecule has 0 unspecified atom stereocenters. The van der Waals surface area contributed by atoms with Crippen LogP contribution in [0.15, 0.2) is 60.7 Å². The van der Waals surface area contributed by atoms with Crippen molar-refractivity contribution in [2.24, 2.45) is 0 Å². The van der Waals surface area contributed by atoms with Crippen LogP contribution in [-0.2, 0) is 12.5 Å². The second-order valence-electron chi connectivity index (χ2n) is 4.69. The molecule has 0 saturated carbocycles. The first-order chi connectivity index (χ1) is 10.4. The van der Waals surface area contributed by atoms with E-state index < -0.39 is 13.4 Å². The molecule has 0 aliphatic rings. The van der Waals surface area contributed by atoms with Gasteiger partial charge in [-0.1, -0.05) is 60.7 Å². The van der Waals surface area contributed by atoms with Crippen LogP contribution < -0.4 is 0 Å². The van der Waals surface area contributed by atoms with Crippen LogP contribution in [0.4, 0.5) is 0 Å². The fraction of sp³-hybridized carbons (Fsp3) is 0.200. The van der Waals surface area contributed by atoms with Crippen LogP contribution in [0.1, 0.15) is 11.1 Å². The first kappa shape index (κ1) is 20.4. The highest BCUT2D eigenvalue weighted by Gasteiger charge is 2.24. The van der Waals surface area contributed by atoms with Crippen molar-refractivity contribution in [3.63, 3.8) is 0 Å². The van der Waals surface area contributed by atoms with Crippen LogP contribution in [0.5, 0.6) is 0 Å². The largest absolute Gasteiger partial charge is 0.345 e. The van der Waals surface area contributed by atoms with E-state index in [4.69, 9.17) is 55.4 Å². The molecule has 2 aromatic carbocycles. The Morgan fingerprint density at radius 2 is 1.18 bits per heavy atom. The van der Waals surface area contributed by atoms with Crippen molar-refractivity contribution in [1.29, 1.82) is 0 Å². The summed E-state index contributed by atoms with van der Waals surface area (Å²) in [6.45, 7) is 0. The number of benzene rings is 2. The minimum absolute atomic E-state index is 0.596. The van der Waals surface area contributed by atoms with E-state index in [1.165, 1.54) is 5.56 Å². The van der Waals surface area contributed by atoms with E-state index >= 15 is 0 Å². The van der Waals surface area contributed by atoms with Gasteiger partial charge in [-0.25, -0.2) is 0 Å². The molecule has 22 heavy (non-hydrogen) atoms. The van der Waals surface area contributed by atoms with Crippen molar-refractivity contribution in [1.82, 2.24) is 0 Å². The Morgan fingerprint density at radius 3 is 1.59 bits per heavy atom. The topological polar surface area (TPSA) is 0 Å². The van der Waals surface area contributed by atoms with Gasteiger partial charge >= 0.3 is 6.00 Å². The average molecular weight is 431 g/mol. The van der Waals surface area contributed by atoms with Gasteiger partial charge in [0.1, 0.15) is 0 Å². The van der Waals surface area contributed by atoms with Crippen molar-refractivity contribution in [3.05, 3.63) is 71.8 Å². The van der Waals surface area contributed by atoms with Crippen LogP contribution in [0.2, 0.25) is 6.04 Å². The minimum Gasteiger partial charge on any atom is -0.150 e. The van der Waals surface area contributed by atoms with E-state index in [-0.39, 0.29) is 0 Å². The van der Waals surface area contributed by atoms with Crippen molar-refractivity contribution in [2.45, 2.75) is 18.5 Å². The van der Waals surface area contributed by atoms with Crippen LogP contribution in [0.25, 0.3) is 0 Å². The molecule has 0 aliphatic heterocycles. The van der Waals surface area contributed by atoms with Crippen LogP contribution in [0.3, 0.4) is 0 Å². The summed E-state index contributed by atoms with van der Waals surface area (Å²) in [5, 5.41) is 0. The summed E-state index contributed by atoms with van der Waals surface area (Å²) < 4.78 is 0. The van der Waals surface area contributed by atoms with Gasteiger partial charge in [0.2, 0.25) is 7.42 Å². The van der Waals surface area contributed by atoms with Crippen LogP contribution in [-0.4, -0.2) is 13.4 Å². The number of rotatable bonds is 5. The predicted molar refractivity (Wildman–Crippen MR) is 107 cm³/mol. The third-order valence-electron chi connectivity index (χ3n) is 2.74. The molecule has 2 aromatic rings. The molecule has 0 N–H and O–H groups in total. The molecule has 0 saturated heterocycles. The van der Waals surface area contributed by atoms with Gasteiger partial charge in [0, 0.05) is 6.04 Å². The van der Waals surface area contributed by atoms with Crippen molar-refractivity contribution < 1.29 is 0 Å². The fourth-order valence-electron chi connectivity index (χ4n) is 1.75. The van der Waals surface area contributed by atoms with E-state index in [9.17, 15) is 0 Å². The third kappa shape index (κ3) is 11.0. The van der Waals surface area contributed by atoms with Gasteiger partial charge in [-0.3, -0.25) is 0 Å². The van der Waals surface area contributed by atoms with E-state index in [0.29, 0.717) is 6.04 Å². The highest BCUT2D eigenvalue weighted by molar-refractivity contribution is 7.64. The molecule has 0 aliphatic carbocycles. The lowest BCUT2D eigenvalue weighted by molar-refractivity contribution is 1.13. The molecular weight excluding hydrogens is 414 g/mol. The van der Waals surface area contributed by atoms with Gasteiger partial charge in [0.25, 0.3) is 0 Å². The summed E-state index contributed by atoms with van der Waals surface area (Å²) in [7, 11) is -1.40. The molecule has 0 bridgehead atoms. The zero-order valence-corrected chi connectivity index (χ0v) is 17.8. The van der Waals surface area contributed by atoms with Crippen molar-refractivity contribution in [3.8, 4) is 0 Å². The van der Waals surface area contributed by atoms with Gasteiger partial charge in [0.05, 0.1) is 0 Å². The van der Waals surface area contributed by atoms with Gasteiger partial charge in [-0.2, -0.15) is 22.2 Å². The van der Waals surface area contributed by atoms with Crippen LogP contribution >= 0.6 is 55.4 Å². The molecule has 0 fully saturated rings. The van der Waals surface area contributed by atoms with Crippen molar-refractivity contribution >= 4 is 68.8 Å². The lowest BCUT2D eigenvalue weighted by Crippen LogP contribution is -2.13. The van der Waals surface area contributed by atoms with E-state index in [1.807, 2.05) is 48.5 Å². The fourth-order valence-corrected chi connectivity index (χ4v) is 5.04. The molecule has 2 rings (SSSR count). The Bertz CT molecular complexity index is 514. The maximum absolute atomic E-state index is 5.74. The minimum atomic E-state index is -2.48. The maximum Gasteiger partial charge on any atom is 0.345 e. The summed E-state index contributed by atoms with van der Waals surface area (Å²) in [5.74, 6) is 0.